The van der Waals surface area contributed by atoms with Crippen LogP contribution in [0.4, 0.5) is 10.6 Å². The third-order valence-electron chi connectivity index (χ3n) is 4.71. The maximum absolute atomic E-state index is 12.3. The van der Waals surface area contributed by atoms with Crippen molar-refractivity contribution >= 4 is 23.4 Å². The zero-order chi connectivity index (χ0) is 16.8. The van der Waals surface area contributed by atoms with Crippen LogP contribution in [0, 0.1) is 0 Å². The summed E-state index contributed by atoms with van der Waals surface area (Å²) in [6.45, 7) is 3.64. The van der Waals surface area contributed by atoms with Crippen LogP contribution in [0.3, 0.4) is 0 Å². The van der Waals surface area contributed by atoms with E-state index in [2.05, 4.69) is 21.3 Å². The number of aromatic nitrogens is 1. The van der Waals surface area contributed by atoms with Crippen molar-refractivity contribution in [1.29, 1.82) is 0 Å². The van der Waals surface area contributed by atoms with Gasteiger partial charge >= 0.3 is 6.03 Å². The highest BCUT2D eigenvalue weighted by Gasteiger charge is 2.22. The predicted molar refractivity (Wildman–Crippen MR) is 97.6 cm³/mol. The van der Waals surface area contributed by atoms with Crippen molar-refractivity contribution in [2.24, 2.45) is 0 Å². The van der Waals surface area contributed by atoms with Gasteiger partial charge < -0.3 is 15.1 Å². The van der Waals surface area contributed by atoms with Crippen molar-refractivity contribution in [2.45, 2.75) is 32.1 Å². The summed E-state index contributed by atoms with van der Waals surface area (Å²) in [4.78, 5) is 20.6. The van der Waals surface area contributed by atoms with Gasteiger partial charge in [-0.2, -0.15) is 0 Å². The summed E-state index contributed by atoms with van der Waals surface area (Å²) in [5.41, 5.74) is 1.50. The molecule has 0 aromatic carbocycles. The van der Waals surface area contributed by atoms with Crippen molar-refractivity contribution in [3.8, 4) is 0 Å². The van der Waals surface area contributed by atoms with E-state index in [1.165, 1.54) is 31.3 Å². The highest BCUT2D eigenvalue weighted by molar-refractivity contribution is 6.32. The van der Waals surface area contributed by atoms with Crippen LogP contribution < -0.4 is 10.2 Å². The van der Waals surface area contributed by atoms with Gasteiger partial charge in [0.2, 0.25) is 0 Å². The highest BCUT2D eigenvalue weighted by atomic mass is 35.5. The van der Waals surface area contributed by atoms with Gasteiger partial charge in [0.25, 0.3) is 0 Å². The lowest BCUT2D eigenvalue weighted by Crippen LogP contribution is -2.52. The Morgan fingerprint density at radius 2 is 2.08 bits per heavy atom. The van der Waals surface area contributed by atoms with E-state index >= 15 is 0 Å². The predicted octanol–water partition coefficient (Wildman–Crippen LogP) is 3.46. The van der Waals surface area contributed by atoms with Crippen LogP contribution in [0.1, 0.15) is 32.1 Å². The van der Waals surface area contributed by atoms with E-state index in [0.717, 1.165) is 31.9 Å². The van der Waals surface area contributed by atoms with E-state index < -0.39 is 0 Å². The number of nitrogens with one attached hydrogen (secondary N) is 1. The molecule has 1 fully saturated rings. The first kappa shape index (κ1) is 17.1. The van der Waals surface area contributed by atoms with Crippen molar-refractivity contribution in [2.75, 3.05) is 37.6 Å². The Bertz CT molecular complexity index is 596. The molecule has 1 aliphatic heterocycles. The van der Waals surface area contributed by atoms with Gasteiger partial charge in [0, 0.05) is 38.9 Å². The maximum atomic E-state index is 12.3. The SMILES string of the molecule is O=C(NCCC1=CCCCC1)N1CCN(c2ncccc2Cl)CC1. The molecule has 1 aromatic rings. The smallest absolute Gasteiger partial charge is 0.317 e. The zero-order valence-electron chi connectivity index (χ0n) is 14.0. The fraction of sp³-hybridized carbons (Fsp3) is 0.556. The molecule has 0 atom stereocenters. The summed E-state index contributed by atoms with van der Waals surface area (Å²) in [5.74, 6) is 0.809. The topological polar surface area (TPSA) is 48.5 Å². The third-order valence-corrected chi connectivity index (χ3v) is 5.01. The standard InChI is InChI=1S/C18H25ClN4O/c19-16-7-4-9-20-17(16)22-11-13-23(14-12-22)18(24)21-10-8-15-5-2-1-3-6-15/h4-5,7,9H,1-3,6,8,10-14H2,(H,21,24). The molecule has 2 heterocycles. The van der Waals surface area contributed by atoms with Gasteiger partial charge in [-0.05, 0) is 44.2 Å². The van der Waals surface area contributed by atoms with Crippen molar-refractivity contribution < 1.29 is 4.79 Å². The second-order valence-corrected chi connectivity index (χ2v) is 6.78. The number of hydrogen-bond acceptors (Lipinski definition) is 3. The number of amides is 2. The first-order valence-corrected chi connectivity index (χ1v) is 9.18. The van der Waals surface area contributed by atoms with E-state index in [9.17, 15) is 4.79 Å². The number of allylic oxidation sites excluding steroid dienone is 1. The van der Waals surface area contributed by atoms with Crippen LogP contribution in [0.5, 0.6) is 0 Å². The molecule has 5 nitrogen and oxygen atoms in total. The molecule has 0 bridgehead atoms. The molecule has 1 saturated heterocycles. The summed E-state index contributed by atoms with van der Waals surface area (Å²) >= 11 is 6.20. The van der Waals surface area contributed by atoms with Crippen molar-refractivity contribution in [1.82, 2.24) is 15.2 Å². The second-order valence-electron chi connectivity index (χ2n) is 6.37. The number of hydrogen-bond donors (Lipinski definition) is 1. The number of anilines is 1. The van der Waals surface area contributed by atoms with Crippen molar-refractivity contribution in [3.05, 3.63) is 35.0 Å². The third kappa shape index (κ3) is 4.41. The molecule has 130 valence electrons. The summed E-state index contributed by atoms with van der Waals surface area (Å²) in [6.07, 6.45) is 10.1. The molecule has 0 radical (unpaired) electrons. The fourth-order valence-corrected chi connectivity index (χ4v) is 3.55. The Kier molecular flexibility index (Phi) is 5.96. The molecular formula is C18H25ClN4O. The number of carbonyl (C=O) groups excluding carboxylic acids is 1. The minimum atomic E-state index is 0.0400. The number of carbonyl (C=O) groups is 1. The maximum Gasteiger partial charge on any atom is 0.317 e. The first-order chi connectivity index (χ1) is 11.7. The Morgan fingerprint density at radius 1 is 1.25 bits per heavy atom. The molecule has 0 unspecified atom stereocenters. The monoisotopic (exact) mass is 348 g/mol. The minimum absolute atomic E-state index is 0.0400. The number of piperazine rings is 1. The van der Waals surface area contributed by atoms with E-state index in [4.69, 9.17) is 11.6 Å². The molecule has 1 aromatic heterocycles. The number of pyridine rings is 1. The largest absolute Gasteiger partial charge is 0.352 e. The molecule has 3 rings (SSSR count). The first-order valence-electron chi connectivity index (χ1n) is 8.80. The highest BCUT2D eigenvalue weighted by Crippen LogP contribution is 2.23. The van der Waals surface area contributed by atoms with Gasteiger partial charge in [0.15, 0.2) is 0 Å². The number of halogens is 1. The van der Waals surface area contributed by atoms with Gasteiger partial charge in [-0.3, -0.25) is 0 Å². The number of nitrogens with zero attached hydrogens (tertiary/aromatic N) is 3. The Labute approximate surface area is 148 Å². The Balaban J connectivity index is 1.42. The van der Waals surface area contributed by atoms with Gasteiger partial charge in [0.1, 0.15) is 5.82 Å². The molecule has 0 spiro atoms. The van der Waals surface area contributed by atoms with Gasteiger partial charge in [0.05, 0.1) is 5.02 Å². The van der Waals surface area contributed by atoms with Crippen LogP contribution in [0.2, 0.25) is 5.02 Å². The summed E-state index contributed by atoms with van der Waals surface area (Å²) in [5, 5.41) is 3.71. The Morgan fingerprint density at radius 3 is 2.79 bits per heavy atom. The summed E-state index contributed by atoms with van der Waals surface area (Å²) in [7, 11) is 0. The fourth-order valence-electron chi connectivity index (χ4n) is 3.30. The normalized spacial score (nSPS) is 18.3. The van der Waals surface area contributed by atoms with Crippen LogP contribution in [0.25, 0.3) is 0 Å². The molecule has 2 amide bonds. The summed E-state index contributed by atoms with van der Waals surface area (Å²) in [6, 6.07) is 3.72. The molecular weight excluding hydrogens is 324 g/mol. The van der Waals surface area contributed by atoms with Crippen LogP contribution in [0.15, 0.2) is 30.0 Å². The quantitative estimate of drug-likeness (QED) is 0.848. The van der Waals surface area contributed by atoms with Crippen LogP contribution in [-0.4, -0.2) is 48.6 Å². The molecule has 1 aliphatic carbocycles. The minimum Gasteiger partial charge on any atom is -0.352 e. The average Bonchev–Trinajstić information content (AvgIpc) is 2.63. The average molecular weight is 349 g/mol. The van der Waals surface area contributed by atoms with E-state index in [-0.39, 0.29) is 6.03 Å². The molecule has 0 saturated carbocycles. The van der Waals surface area contributed by atoms with Crippen LogP contribution >= 0.6 is 11.6 Å². The molecule has 1 N–H and O–H groups in total. The van der Waals surface area contributed by atoms with Gasteiger partial charge in [-0.25, -0.2) is 9.78 Å². The lowest BCUT2D eigenvalue weighted by Gasteiger charge is -2.35. The molecule has 6 heteroatoms. The summed E-state index contributed by atoms with van der Waals surface area (Å²) < 4.78 is 0. The number of urea groups is 1. The lowest BCUT2D eigenvalue weighted by molar-refractivity contribution is 0.194. The van der Waals surface area contributed by atoms with E-state index in [0.29, 0.717) is 18.1 Å². The number of rotatable bonds is 4. The van der Waals surface area contributed by atoms with E-state index in [1.54, 1.807) is 6.20 Å². The Hall–Kier alpha value is -1.75. The van der Waals surface area contributed by atoms with Crippen molar-refractivity contribution in [3.63, 3.8) is 0 Å². The zero-order valence-corrected chi connectivity index (χ0v) is 14.8. The van der Waals surface area contributed by atoms with Gasteiger partial charge in [-0.1, -0.05) is 23.3 Å². The van der Waals surface area contributed by atoms with Crippen LogP contribution in [-0.2, 0) is 0 Å². The molecule has 2 aliphatic rings. The van der Waals surface area contributed by atoms with Gasteiger partial charge in [-0.15, -0.1) is 0 Å². The second kappa shape index (κ2) is 8.38. The lowest BCUT2D eigenvalue weighted by atomic mass is 9.97. The molecule has 24 heavy (non-hydrogen) atoms. The van der Waals surface area contributed by atoms with E-state index in [1.807, 2.05) is 17.0 Å².